The Morgan fingerprint density at radius 1 is 1.33 bits per heavy atom. The van der Waals surface area contributed by atoms with E-state index in [9.17, 15) is 4.79 Å². The van der Waals surface area contributed by atoms with E-state index in [0.717, 1.165) is 35.3 Å². The summed E-state index contributed by atoms with van der Waals surface area (Å²) in [4.78, 5) is 12.4. The first-order valence-corrected chi connectivity index (χ1v) is 9.79. The van der Waals surface area contributed by atoms with Gasteiger partial charge in [-0.15, -0.1) is 0 Å². The number of nitrogens with one attached hydrogen (secondary N) is 2. The number of hydrogen-bond donors (Lipinski definition) is 2. The molecular weight excluding hydrogens is 340 g/mol. The van der Waals surface area contributed by atoms with Crippen LogP contribution in [0.4, 0.5) is 10.5 Å². The summed E-state index contributed by atoms with van der Waals surface area (Å²) >= 11 is 0. The van der Waals surface area contributed by atoms with Crippen LogP contribution in [0.5, 0.6) is 0 Å². The van der Waals surface area contributed by atoms with E-state index >= 15 is 0 Å². The summed E-state index contributed by atoms with van der Waals surface area (Å²) < 4.78 is 7.84. The average molecular weight is 370 g/mol. The van der Waals surface area contributed by atoms with Crippen molar-refractivity contribution in [1.82, 2.24) is 15.1 Å². The lowest BCUT2D eigenvalue weighted by molar-refractivity contribution is 0.0169. The van der Waals surface area contributed by atoms with Crippen molar-refractivity contribution >= 4 is 11.7 Å². The lowest BCUT2D eigenvalue weighted by Crippen LogP contribution is -2.31. The van der Waals surface area contributed by atoms with E-state index in [4.69, 9.17) is 4.74 Å². The number of nitrogens with zero attached hydrogens (tertiary/aromatic N) is 2. The van der Waals surface area contributed by atoms with E-state index < -0.39 is 0 Å². The van der Waals surface area contributed by atoms with Crippen LogP contribution in [0.25, 0.3) is 0 Å². The molecule has 1 atom stereocenters. The number of aryl methyl sites for hydroxylation is 1. The van der Waals surface area contributed by atoms with E-state index in [1.807, 2.05) is 45.2 Å². The van der Waals surface area contributed by atoms with Gasteiger partial charge in [-0.05, 0) is 44.4 Å². The molecule has 2 N–H and O–H groups in total. The van der Waals surface area contributed by atoms with E-state index in [-0.39, 0.29) is 12.1 Å². The van der Waals surface area contributed by atoms with Crippen LogP contribution in [0.15, 0.2) is 30.5 Å². The lowest BCUT2D eigenvalue weighted by atomic mass is 9.98. The summed E-state index contributed by atoms with van der Waals surface area (Å²) in [6.45, 7) is 4.54. The molecule has 146 valence electrons. The fourth-order valence-corrected chi connectivity index (χ4v) is 3.57. The highest BCUT2D eigenvalue weighted by Crippen LogP contribution is 2.22. The highest BCUT2D eigenvalue weighted by atomic mass is 16.5. The molecule has 6 nitrogen and oxygen atoms in total. The van der Waals surface area contributed by atoms with E-state index in [1.165, 1.54) is 19.3 Å². The second-order valence-corrected chi connectivity index (χ2v) is 7.40. The molecule has 6 heteroatoms. The van der Waals surface area contributed by atoms with Crippen molar-refractivity contribution < 1.29 is 9.53 Å². The maximum atomic E-state index is 12.4. The van der Waals surface area contributed by atoms with Crippen molar-refractivity contribution in [2.75, 3.05) is 5.32 Å². The van der Waals surface area contributed by atoms with Gasteiger partial charge in [0.1, 0.15) is 0 Å². The molecule has 1 aromatic heterocycles. The Kier molecular flexibility index (Phi) is 6.50. The number of anilines is 1. The Hall–Kier alpha value is -2.34. The number of carbonyl (C=O) groups is 1. The van der Waals surface area contributed by atoms with Crippen LogP contribution in [-0.4, -0.2) is 21.9 Å². The molecule has 1 heterocycles. The number of carbonyl (C=O) groups excluding carboxylic acids is 1. The summed E-state index contributed by atoms with van der Waals surface area (Å²) in [5.41, 5.74) is 3.91. The Morgan fingerprint density at radius 2 is 2.11 bits per heavy atom. The number of aromatic nitrogens is 2. The molecule has 27 heavy (non-hydrogen) atoms. The summed E-state index contributed by atoms with van der Waals surface area (Å²) in [5.74, 6) is 0. The van der Waals surface area contributed by atoms with Crippen molar-refractivity contribution in [1.29, 1.82) is 0 Å². The van der Waals surface area contributed by atoms with E-state index in [2.05, 4.69) is 15.7 Å². The van der Waals surface area contributed by atoms with Crippen molar-refractivity contribution in [3.63, 3.8) is 0 Å². The molecule has 1 saturated carbocycles. The molecule has 1 aliphatic carbocycles. The first kappa shape index (κ1) is 19.4. The maximum absolute atomic E-state index is 12.4. The fourth-order valence-electron chi connectivity index (χ4n) is 3.57. The zero-order valence-corrected chi connectivity index (χ0v) is 16.5. The lowest BCUT2D eigenvalue weighted by Gasteiger charge is -2.22. The van der Waals surface area contributed by atoms with Gasteiger partial charge in [0.05, 0.1) is 24.9 Å². The first-order valence-electron chi connectivity index (χ1n) is 9.79. The van der Waals surface area contributed by atoms with Gasteiger partial charge >= 0.3 is 6.03 Å². The Labute approximate surface area is 161 Å². The van der Waals surface area contributed by atoms with Crippen LogP contribution >= 0.6 is 0 Å². The minimum absolute atomic E-state index is 0.114. The molecule has 0 saturated heterocycles. The van der Waals surface area contributed by atoms with Crippen LogP contribution in [0.1, 0.15) is 61.9 Å². The normalized spacial score (nSPS) is 16.1. The number of benzene rings is 1. The zero-order valence-electron chi connectivity index (χ0n) is 16.5. The number of hydrogen-bond acceptors (Lipinski definition) is 3. The molecule has 1 aliphatic rings. The maximum Gasteiger partial charge on any atom is 0.319 e. The third-order valence-electron chi connectivity index (χ3n) is 5.31. The Bertz CT molecular complexity index is 765. The van der Waals surface area contributed by atoms with Crippen LogP contribution in [0, 0.1) is 6.92 Å². The van der Waals surface area contributed by atoms with Crippen LogP contribution in [-0.2, 0) is 18.4 Å². The third kappa shape index (κ3) is 5.32. The predicted octanol–water partition coefficient (Wildman–Crippen LogP) is 4.46. The Morgan fingerprint density at radius 3 is 2.81 bits per heavy atom. The van der Waals surface area contributed by atoms with Gasteiger partial charge in [-0.3, -0.25) is 4.68 Å². The van der Waals surface area contributed by atoms with Gasteiger partial charge < -0.3 is 15.4 Å². The van der Waals surface area contributed by atoms with Gasteiger partial charge in [0.2, 0.25) is 0 Å². The molecular formula is C21H30N4O2. The molecule has 2 amide bonds. The molecule has 0 bridgehead atoms. The number of ether oxygens (including phenoxy) is 1. The summed E-state index contributed by atoms with van der Waals surface area (Å²) in [6, 6.07) is 7.51. The van der Waals surface area contributed by atoms with E-state index in [0.29, 0.717) is 12.7 Å². The summed E-state index contributed by atoms with van der Waals surface area (Å²) in [7, 11) is 1.90. The second kappa shape index (κ2) is 9.04. The quantitative estimate of drug-likeness (QED) is 0.789. The molecule has 1 unspecified atom stereocenters. The van der Waals surface area contributed by atoms with Crippen molar-refractivity contribution in [3.05, 3.63) is 47.3 Å². The van der Waals surface area contributed by atoms with Gasteiger partial charge in [-0.1, -0.05) is 31.4 Å². The molecule has 2 aromatic rings. The van der Waals surface area contributed by atoms with Crippen LogP contribution < -0.4 is 10.6 Å². The van der Waals surface area contributed by atoms with Gasteiger partial charge in [0.15, 0.2) is 0 Å². The monoisotopic (exact) mass is 370 g/mol. The third-order valence-corrected chi connectivity index (χ3v) is 5.31. The zero-order chi connectivity index (χ0) is 19.2. The fraction of sp³-hybridized carbons (Fsp3) is 0.524. The highest BCUT2D eigenvalue weighted by molar-refractivity contribution is 5.89. The van der Waals surface area contributed by atoms with Gasteiger partial charge in [-0.25, -0.2) is 4.79 Å². The molecule has 1 fully saturated rings. The molecule has 0 spiro atoms. The van der Waals surface area contributed by atoms with Crippen LogP contribution in [0.2, 0.25) is 0 Å². The molecule has 1 aromatic carbocycles. The predicted molar refractivity (Wildman–Crippen MR) is 107 cm³/mol. The smallest absolute Gasteiger partial charge is 0.319 e. The van der Waals surface area contributed by atoms with E-state index in [1.54, 1.807) is 10.9 Å². The number of rotatable bonds is 6. The van der Waals surface area contributed by atoms with Crippen molar-refractivity contribution in [2.45, 2.75) is 64.7 Å². The van der Waals surface area contributed by atoms with Gasteiger partial charge in [0.25, 0.3) is 0 Å². The van der Waals surface area contributed by atoms with Crippen molar-refractivity contribution in [3.8, 4) is 0 Å². The average Bonchev–Trinajstić information content (AvgIpc) is 3.00. The number of amides is 2. The molecule has 0 aliphatic heterocycles. The minimum atomic E-state index is -0.226. The molecule has 0 radical (unpaired) electrons. The minimum Gasteiger partial charge on any atom is -0.374 e. The summed E-state index contributed by atoms with van der Waals surface area (Å²) in [6.07, 6.45) is 8.34. The topological polar surface area (TPSA) is 68.2 Å². The second-order valence-electron chi connectivity index (χ2n) is 7.40. The van der Waals surface area contributed by atoms with Crippen LogP contribution in [0.3, 0.4) is 0 Å². The van der Waals surface area contributed by atoms with Gasteiger partial charge in [0, 0.05) is 24.0 Å². The summed E-state index contributed by atoms with van der Waals surface area (Å²) in [5, 5.41) is 10.1. The first-order chi connectivity index (χ1) is 13.0. The standard InChI is InChI=1S/C21H30N4O2/c1-15(20-13-22-25(3)16(20)2)23-21(26)24-18-9-7-8-17(12-18)14-27-19-10-5-4-6-11-19/h7-9,12-13,15,19H,4-6,10-11,14H2,1-3H3,(H2,23,24,26). The molecule has 3 rings (SSSR count). The highest BCUT2D eigenvalue weighted by Gasteiger charge is 2.15. The Balaban J connectivity index is 1.52. The SMILES string of the molecule is Cc1c(C(C)NC(=O)Nc2cccc(COC3CCCCC3)c2)cnn1C. The largest absolute Gasteiger partial charge is 0.374 e. The van der Waals surface area contributed by atoms with Gasteiger partial charge in [-0.2, -0.15) is 5.10 Å². The number of urea groups is 1. The van der Waals surface area contributed by atoms with Crippen molar-refractivity contribution in [2.24, 2.45) is 7.05 Å².